The highest BCUT2D eigenvalue weighted by atomic mass is 16.6. The van der Waals surface area contributed by atoms with Gasteiger partial charge in [-0.2, -0.15) is 0 Å². The van der Waals surface area contributed by atoms with Crippen LogP contribution < -0.4 is 5.32 Å². The van der Waals surface area contributed by atoms with E-state index in [2.05, 4.69) is 5.32 Å². The lowest BCUT2D eigenvalue weighted by molar-refractivity contribution is -0.141. The maximum absolute atomic E-state index is 11.5. The van der Waals surface area contributed by atoms with E-state index in [1.54, 1.807) is 34.6 Å². The first-order valence-corrected chi connectivity index (χ1v) is 5.25. The van der Waals surface area contributed by atoms with Crippen LogP contribution in [0, 0.1) is 5.41 Å². The first-order valence-electron chi connectivity index (χ1n) is 5.25. The smallest absolute Gasteiger partial charge is 0.408 e. The van der Waals surface area contributed by atoms with Crippen molar-refractivity contribution < 1.29 is 19.4 Å². The SMILES string of the molecule is CC(C)(C)OC(=O)NC1(C(=O)O)CC1(C)C. The molecule has 0 spiro atoms. The van der Waals surface area contributed by atoms with Crippen LogP contribution in [0.3, 0.4) is 0 Å². The van der Waals surface area contributed by atoms with Crippen molar-refractivity contribution in [3.8, 4) is 0 Å². The Morgan fingerprint density at radius 3 is 2.00 bits per heavy atom. The van der Waals surface area contributed by atoms with Gasteiger partial charge in [-0.25, -0.2) is 9.59 Å². The molecular formula is C11H19NO4. The number of hydrogen-bond acceptors (Lipinski definition) is 3. The van der Waals surface area contributed by atoms with Crippen molar-refractivity contribution in [2.45, 2.75) is 52.2 Å². The van der Waals surface area contributed by atoms with Gasteiger partial charge in [0.15, 0.2) is 0 Å². The van der Waals surface area contributed by atoms with E-state index in [9.17, 15) is 9.59 Å². The van der Waals surface area contributed by atoms with Gasteiger partial charge in [-0.05, 0) is 27.2 Å². The van der Waals surface area contributed by atoms with Gasteiger partial charge in [-0.15, -0.1) is 0 Å². The van der Waals surface area contributed by atoms with Gasteiger partial charge in [0.1, 0.15) is 11.1 Å². The van der Waals surface area contributed by atoms with Gasteiger partial charge in [0, 0.05) is 5.41 Å². The minimum atomic E-state index is -1.17. The Balaban J connectivity index is 2.67. The quantitative estimate of drug-likeness (QED) is 0.756. The van der Waals surface area contributed by atoms with Crippen molar-refractivity contribution in [3.05, 3.63) is 0 Å². The molecule has 5 heteroatoms. The number of rotatable bonds is 2. The molecule has 0 aliphatic heterocycles. The molecule has 1 atom stereocenters. The van der Waals surface area contributed by atoms with Crippen LogP contribution >= 0.6 is 0 Å². The maximum atomic E-state index is 11.5. The van der Waals surface area contributed by atoms with E-state index in [-0.39, 0.29) is 0 Å². The molecule has 1 saturated carbocycles. The molecule has 0 aromatic rings. The zero-order valence-corrected chi connectivity index (χ0v) is 10.4. The Kier molecular flexibility index (Phi) is 2.69. The molecule has 0 aromatic carbocycles. The Morgan fingerprint density at radius 1 is 1.31 bits per heavy atom. The molecule has 1 rings (SSSR count). The van der Waals surface area contributed by atoms with Crippen LogP contribution in [0.15, 0.2) is 0 Å². The molecule has 0 aromatic heterocycles. The molecule has 1 fully saturated rings. The summed E-state index contributed by atoms with van der Waals surface area (Å²) in [6.45, 7) is 8.81. The van der Waals surface area contributed by atoms with Crippen LogP contribution in [0.4, 0.5) is 4.79 Å². The zero-order valence-electron chi connectivity index (χ0n) is 10.4. The maximum Gasteiger partial charge on any atom is 0.408 e. The standard InChI is InChI=1S/C11H19NO4/c1-9(2,3)16-8(15)12-11(7(13)14)6-10(11,4)5/h6H2,1-5H3,(H,12,15)(H,13,14). The molecule has 92 valence electrons. The first-order chi connectivity index (χ1) is 7.00. The fourth-order valence-corrected chi connectivity index (χ4v) is 1.73. The number of carboxylic acids is 1. The zero-order chi connectivity index (χ0) is 12.8. The van der Waals surface area contributed by atoms with Crippen LogP contribution in [-0.4, -0.2) is 28.3 Å². The van der Waals surface area contributed by atoms with E-state index in [1.807, 2.05) is 0 Å². The van der Waals surface area contributed by atoms with Crippen LogP contribution in [-0.2, 0) is 9.53 Å². The molecule has 0 radical (unpaired) electrons. The minimum Gasteiger partial charge on any atom is -0.479 e. The Bertz CT molecular complexity index is 329. The van der Waals surface area contributed by atoms with Crippen LogP contribution in [0.1, 0.15) is 41.0 Å². The Morgan fingerprint density at radius 2 is 1.75 bits per heavy atom. The minimum absolute atomic E-state index is 0.421. The van der Waals surface area contributed by atoms with Crippen LogP contribution in [0.25, 0.3) is 0 Å². The van der Waals surface area contributed by atoms with E-state index in [0.29, 0.717) is 6.42 Å². The number of carbonyl (C=O) groups excluding carboxylic acids is 1. The summed E-state index contributed by atoms with van der Waals surface area (Å²) < 4.78 is 5.04. The first kappa shape index (κ1) is 12.8. The lowest BCUT2D eigenvalue weighted by atomic mass is 10.1. The molecule has 1 amide bonds. The fourth-order valence-electron chi connectivity index (χ4n) is 1.73. The number of aliphatic carboxylic acids is 1. The average molecular weight is 229 g/mol. The van der Waals surface area contributed by atoms with Gasteiger partial charge in [0.2, 0.25) is 0 Å². The highest BCUT2D eigenvalue weighted by molar-refractivity contribution is 5.89. The molecule has 1 unspecified atom stereocenters. The normalized spacial score (nSPS) is 27.1. The largest absolute Gasteiger partial charge is 0.479 e. The summed E-state index contributed by atoms with van der Waals surface area (Å²) in [5, 5.41) is 11.6. The van der Waals surface area contributed by atoms with Crippen molar-refractivity contribution in [2.75, 3.05) is 0 Å². The van der Waals surface area contributed by atoms with Crippen molar-refractivity contribution >= 4 is 12.1 Å². The van der Waals surface area contributed by atoms with Gasteiger partial charge >= 0.3 is 12.1 Å². The van der Waals surface area contributed by atoms with Gasteiger partial charge in [0.25, 0.3) is 0 Å². The lowest BCUT2D eigenvalue weighted by Gasteiger charge is -2.23. The van der Waals surface area contributed by atoms with E-state index < -0.39 is 28.6 Å². The van der Waals surface area contributed by atoms with E-state index in [1.165, 1.54) is 0 Å². The topological polar surface area (TPSA) is 75.6 Å². The second-order valence-corrected chi connectivity index (χ2v) is 5.90. The highest BCUT2D eigenvalue weighted by Crippen LogP contribution is 2.55. The predicted octanol–water partition coefficient (Wildman–Crippen LogP) is 1.76. The summed E-state index contributed by atoms with van der Waals surface area (Å²) in [6.07, 6.45) is -0.255. The summed E-state index contributed by atoms with van der Waals surface area (Å²) >= 11 is 0. The van der Waals surface area contributed by atoms with Crippen LogP contribution in [0.5, 0.6) is 0 Å². The van der Waals surface area contributed by atoms with Gasteiger partial charge < -0.3 is 15.2 Å². The monoisotopic (exact) mass is 229 g/mol. The number of nitrogens with one attached hydrogen (secondary N) is 1. The summed E-state index contributed by atoms with van der Waals surface area (Å²) in [5.41, 5.74) is -2.21. The lowest BCUT2D eigenvalue weighted by Crippen LogP contribution is -2.48. The summed E-state index contributed by atoms with van der Waals surface area (Å²) in [4.78, 5) is 22.6. The van der Waals surface area contributed by atoms with Crippen molar-refractivity contribution in [2.24, 2.45) is 5.41 Å². The number of carbonyl (C=O) groups is 2. The third-order valence-electron chi connectivity index (χ3n) is 2.82. The number of alkyl carbamates (subject to hydrolysis) is 1. The Labute approximate surface area is 95.2 Å². The number of ether oxygens (including phenoxy) is 1. The van der Waals surface area contributed by atoms with E-state index >= 15 is 0 Å². The van der Waals surface area contributed by atoms with E-state index in [4.69, 9.17) is 9.84 Å². The Hall–Kier alpha value is -1.26. The van der Waals surface area contributed by atoms with Crippen LogP contribution in [0.2, 0.25) is 0 Å². The average Bonchev–Trinajstić information content (AvgIpc) is 2.49. The number of amides is 1. The van der Waals surface area contributed by atoms with Crippen molar-refractivity contribution in [1.82, 2.24) is 5.32 Å². The molecule has 0 bridgehead atoms. The second kappa shape index (κ2) is 3.37. The fraction of sp³-hybridized carbons (Fsp3) is 0.818. The molecule has 1 aliphatic rings. The second-order valence-electron chi connectivity index (χ2n) is 5.90. The molecule has 0 saturated heterocycles. The number of carboxylic acid groups (broad SMARTS) is 1. The third-order valence-corrected chi connectivity index (χ3v) is 2.82. The summed E-state index contributed by atoms with van der Waals surface area (Å²) in [5.74, 6) is -1.01. The molecular weight excluding hydrogens is 210 g/mol. The van der Waals surface area contributed by atoms with E-state index in [0.717, 1.165) is 0 Å². The van der Waals surface area contributed by atoms with Crippen molar-refractivity contribution in [1.29, 1.82) is 0 Å². The number of hydrogen-bond donors (Lipinski definition) is 2. The van der Waals surface area contributed by atoms with Gasteiger partial charge in [-0.3, -0.25) is 0 Å². The van der Waals surface area contributed by atoms with Crippen molar-refractivity contribution in [3.63, 3.8) is 0 Å². The molecule has 5 nitrogen and oxygen atoms in total. The van der Waals surface area contributed by atoms with Gasteiger partial charge in [0.05, 0.1) is 0 Å². The van der Waals surface area contributed by atoms with Gasteiger partial charge in [-0.1, -0.05) is 13.8 Å². The molecule has 2 N–H and O–H groups in total. The summed E-state index contributed by atoms with van der Waals surface area (Å²) in [6, 6.07) is 0. The summed E-state index contributed by atoms with van der Waals surface area (Å²) in [7, 11) is 0. The molecule has 16 heavy (non-hydrogen) atoms. The predicted molar refractivity (Wildman–Crippen MR) is 58.1 cm³/mol. The molecule has 1 aliphatic carbocycles. The highest BCUT2D eigenvalue weighted by Gasteiger charge is 2.68. The molecule has 0 heterocycles. The third kappa shape index (κ3) is 2.28.